The van der Waals surface area contributed by atoms with Gasteiger partial charge < -0.3 is 15.0 Å². The normalized spacial score (nSPS) is 16.7. The zero-order valence-electron chi connectivity index (χ0n) is 25.1. The minimum atomic E-state index is -0.500. The molecule has 12 heteroatoms. The van der Waals surface area contributed by atoms with Crippen molar-refractivity contribution in [2.24, 2.45) is 0 Å². The van der Waals surface area contributed by atoms with E-state index < -0.39 is 12.1 Å². The number of halogens is 1. The standard InChI is InChI=1S/C32H38ClN5O6/c1-21(31(42)37-11-5-4-6-12-37)18-38(26-14-25(33)15-27(16-26)44-3)32(43)34-17-22-7-8-23(20-39)24(13-22)19-36(2)28-9-10-29(40)35-30(28)41/h7-8,13-16,20,28H,1,4-6,9-12,17-19H2,2-3H3,(H,34,43)(H,35,40,41). The van der Waals surface area contributed by atoms with Gasteiger partial charge >= 0.3 is 6.03 Å². The van der Waals surface area contributed by atoms with E-state index in [-0.39, 0.29) is 49.3 Å². The van der Waals surface area contributed by atoms with E-state index in [1.165, 1.54) is 12.0 Å². The summed E-state index contributed by atoms with van der Waals surface area (Å²) in [5, 5.41) is 5.62. The lowest BCUT2D eigenvalue weighted by Crippen LogP contribution is -2.51. The molecule has 11 nitrogen and oxygen atoms in total. The van der Waals surface area contributed by atoms with Crippen molar-refractivity contribution in [3.8, 4) is 5.75 Å². The van der Waals surface area contributed by atoms with Gasteiger partial charge in [0.1, 0.15) is 12.0 Å². The number of carbonyl (C=O) groups excluding carboxylic acids is 5. The van der Waals surface area contributed by atoms with Crippen LogP contribution >= 0.6 is 11.6 Å². The molecular formula is C32H38ClN5O6. The van der Waals surface area contributed by atoms with Crippen molar-refractivity contribution >= 4 is 47.3 Å². The average Bonchev–Trinajstić information content (AvgIpc) is 3.02. The van der Waals surface area contributed by atoms with Gasteiger partial charge in [-0.15, -0.1) is 0 Å². The summed E-state index contributed by atoms with van der Waals surface area (Å²) in [7, 11) is 3.26. The summed E-state index contributed by atoms with van der Waals surface area (Å²) < 4.78 is 5.35. The predicted octanol–water partition coefficient (Wildman–Crippen LogP) is 3.68. The molecule has 4 rings (SSSR count). The summed E-state index contributed by atoms with van der Waals surface area (Å²) in [5.41, 5.74) is 2.56. The second-order valence-corrected chi connectivity index (χ2v) is 11.5. The van der Waals surface area contributed by atoms with E-state index in [1.54, 1.807) is 53.2 Å². The smallest absolute Gasteiger partial charge is 0.322 e. The van der Waals surface area contributed by atoms with Gasteiger partial charge in [-0.1, -0.05) is 36.4 Å². The number of piperidine rings is 2. The van der Waals surface area contributed by atoms with Crippen LogP contribution in [0, 0.1) is 0 Å². The molecule has 2 saturated heterocycles. The largest absolute Gasteiger partial charge is 0.497 e. The molecule has 0 radical (unpaired) electrons. The van der Waals surface area contributed by atoms with Crippen LogP contribution in [0.25, 0.3) is 0 Å². The second-order valence-electron chi connectivity index (χ2n) is 11.1. The fraction of sp³-hybridized carbons (Fsp3) is 0.406. The summed E-state index contributed by atoms with van der Waals surface area (Å²) in [6.45, 7) is 5.67. The monoisotopic (exact) mass is 623 g/mol. The van der Waals surface area contributed by atoms with E-state index >= 15 is 0 Å². The van der Waals surface area contributed by atoms with E-state index in [4.69, 9.17) is 16.3 Å². The number of ether oxygens (including phenoxy) is 1. The molecular weight excluding hydrogens is 586 g/mol. The number of likely N-dealkylation sites (tertiary alicyclic amines) is 1. The first kappa shape index (κ1) is 32.7. The van der Waals surface area contributed by atoms with Gasteiger partial charge in [0.2, 0.25) is 11.8 Å². The molecule has 2 aliphatic rings. The van der Waals surface area contributed by atoms with Crippen molar-refractivity contribution in [2.75, 3.05) is 38.7 Å². The number of carbonyl (C=O) groups is 5. The molecule has 44 heavy (non-hydrogen) atoms. The van der Waals surface area contributed by atoms with Gasteiger partial charge in [0, 0.05) is 54.8 Å². The summed E-state index contributed by atoms with van der Waals surface area (Å²) in [6.07, 6.45) is 4.33. The molecule has 1 unspecified atom stereocenters. The van der Waals surface area contributed by atoms with E-state index in [2.05, 4.69) is 17.2 Å². The van der Waals surface area contributed by atoms with Crippen LogP contribution < -0.4 is 20.3 Å². The summed E-state index contributed by atoms with van der Waals surface area (Å²) in [5.74, 6) is -0.396. The molecule has 2 aromatic rings. The Morgan fingerprint density at radius 1 is 1.16 bits per heavy atom. The number of hydrogen-bond acceptors (Lipinski definition) is 7. The van der Waals surface area contributed by atoms with E-state index in [9.17, 15) is 24.0 Å². The molecule has 2 N–H and O–H groups in total. The van der Waals surface area contributed by atoms with Gasteiger partial charge in [0.05, 0.1) is 25.4 Å². The van der Waals surface area contributed by atoms with Gasteiger partial charge in [0.15, 0.2) is 0 Å². The average molecular weight is 624 g/mol. The lowest BCUT2D eigenvalue weighted by Gasteiger charge is -2.30. The van der Waals surface area contributed by atoms with Crippen LogP contribution in [0.4, 0.5) is 10.5 Å². The van der Waals surface area contributed by atoms with Crippen LogP contribution in [0.5, 0.6) is 5.75 Å². The van der Waals surface area contributed by atoms with E-state index in [1.807, 2.05) is 0 Å². The Hall–Kier alpha value is -4.22. The Bertz CT molecular complexity index is 1440. The third-order valence-corrected chi connectivity index (χ3v) is 8.10. The molecule has 0 saturated carbocycles. The van der Waals surface area contributed by atoms with Gasteiger partial charge in [-0.25, -0.2) is 4.79 Å². The number of anilines is 1. The van der Waals surface area contributed by atoms with Crippen LogP contribution in [0.3, 0.4) is 0 Å². The molecule has 1 atom stereocenters. The topological polar surface area (TPSA) is 128 Å². The number of urea groups is 1. The van der Waals surface area contributed by atoms with Crippen molar-refractivity contribution in [3.63, 3.8) is 0 Å². The first-order valence-corrected chi connectivity index (χ1v) is 14.9. The molecule has 0 aromatic heterocycles. The Morgan fingerprint density at radius 2 is 1.91 bits per heavy atom. The maximum absolute atomic E-state index is 13.6. The lowest BCUT2D eigenvalue weighted by atomic mass is 10.0. The SMILES string of the molecule is C=C(CN(C(=O)NCc1ccc(C=O)c(CN(C)C2CCC(=O)NC2=O)c1)c1cc(Cl)cc(OC)c1)C(=O)N1CCCCC1. The highest BCUT2D eigenvalue weighted by Crippen LogP contribution is 2.28. The number of imide groups is 1. The number of aldehydes is 1. The van der Waals surface area contributed by atoms with E-state index in [0.29, 0.717) is 47.1 Å². The fourth-order valence-corrected chi connectivity index (χ4v) is 5.68. The van der Waals surface area contributed by atoms with E-state index in [0.717, 1.165) is 31.1 Å². The molecule has 2 aromatic carbocycles. The first-order valence-electron chi connectivity index (χ1n) is 14.6. The van der Waals surface area contributed by atoms with Crippen molar-refractivity contribution in [3.05, 3.63) is 70.3 Å². The van der Waals surface area contributed by atoms with Crippen LogP contribution in [0.15, 0.2) is 48.6 Å². The Balaban J connectivity index is 1.50. The zero-order chi connectivity index (χ0) is 31.8. The maximum Gasteiger partial charge on any atom is 0.322 e. The molecule has 5 amide bonds. The minimum Gasteiger partial charge on any atom is -0.497 e. The van der Waals surface area contributed by atoms with Crippen LogP contribution in [0.2, 0.25) is 5.02 Å². The number of benzene rings is 2. The molecule has 2 heterocycles. The highest BCUT2D eigenvalue weighted by molar-refractivity contribution is 6.31. The minimum absolute atomic E-state index is 0.0588. The van der Waals surface area contributed by atoms with Gasteiger partial charge in [-0.05, 0) is 56.0 Å². The number of amides is 5. The van der Waals surface area contributed by atoms with Gasteiger partial charge in [-0.2, -0.15) is 0 Å². The number of rotatable bonds is 11. The molecule has 2 aliphatic heterocycles. The van der Waals surface area contributed by atoms with Crippen molar-refractivity contribution in [2.45, 2.75) is 51.2 Å². The van der Waals surface area contributed by atoms with Crippen LogP contribution in [-0.4, -0.2) is 79.7 Å². The van der Waals surface area contributed by atoms with Gasteiger partial charge in [-0.3, -0.25) is 34.3 Å². The first-order chi connectivity index (χ1) is 21.1. The Labute approximate surface area is 262 Å². The van der Waals surface area contributed by atoms with Crippen molar-refractivity contribution in [1.29, 1.82) is 0 Å². The quantitative estimate of drug-likeness (QED) is 0.222. The highest BCUT2D eigenvalue weighted by atomic mass is 35.5. The maximum atomic E-state index is 13.6. The van der Waals surface area contributed by atoms with Crippen LogP contribution in [0.1, 0.15) is 53.6 Å². The Morgan fingerprint density at radius 3 is 2.59 bits per heavy atom. The summed E-state index contributed by atoms with van der Waals surface area (Å²) in [6, 6.07) is 9.12. The third-order valence-electron chi connectivity index (χ3n) is 7.88. The number of nitrogens with one attached hydrogen (secondary N) is 2. The third kappa shape index (κ3) is 8.23. The van der Waals surface area contributed by atoms with Crippen molar-refractivity contribution < 1.29 is 28.7 Å². The highest BCUT2D eigenvalue weighted by Gasteiger charge is 2.30. The second kappa shape index (κ2) is 15.0. The zero-order valence-corrected chi connectivity index (χ0v) is 25.8. The number of methoxy groups -OCH3 is 1. The number of nitrogens with zero attached hydrogens (tertiary/aromatic N) is 3. The summed E-state index contributed by atoms with van der Waals surface area (Å²) in [4.78, 5) is 67.4. The van der Waals surface area contributed by atoms with Crippen molar-refractivity contribution in [1.82, 2.24) is 20.4 Å². The molecule has 0 bridgehead atoms. The molecule has 0 spiro atoms. The fourth-order valence-electron chi connectivity index (χ4n) is 5.46. The summed E-state index contributed by atoms with van der Waals surface area (Å²) >= 11 is 6.32. The van der Waals surface area contributed by atoms with Gasteiger partial charge in [0.25, 0.3) is 5.91 Å². The number of likely N-dealkylation sites (N-methyl/N-ethyl adjacent to an activating group) is 1. The predicted molar refractivity (Wildman–Crippen MR) is 167 cm³/mol. The lowest BCUT2D eigenvalue weighted by molar-refractivity contribution is -0.137. The molecule has 2 fully saturated rings. The van der Waals surface area contributed by atoms with Crippen LogP contribution in [-0.2, 0) is 27.5 Å². The molecule has 234 valence electrons. The number of hydrogen-bond donors (Lipinski definition) is 2. The molecule has 0 aliphatic carbocycles. The Kier molecular flexibility index (Phi) is 11.1.